The first kappa shape index (κ1) is 15.4. The normalized spacial score (nSPS) is 10.5. The van der Waals surface area contributed by atoms with Gasteiger partial charge in [0.15, 0.2) is 0 Å². The van der Waals surface area contributed by atoms with Gasteiger partial charge in [0, 0.05) is 35.8 Å². The van der Waals surface area contributed by atoms with E-state index in [2.05, 4.69) is 31.2 Å². The van der Waals surface area contributed by atoms with Gasteiger partial charge >= 0.3 is 0 Å². The molecule has 0 saturated heterocycles. The Morgan fingerprint density at radius 2 is 2.13 bits per heavy atom. The Kier molecular flexibility index (Phi) is 4.47. The molecule has 2 heterocycles. The number of hydrogen-bond acceptors (Lipinski definition) is 3. The molecule has 3 aromatic rings. The van der Waals surface area contributed by atoms with E-state index in [1.165, 1.54) is 18.6 Å². The first-order valence-electron chi connectivity index (χ1n) is 6.79. The van der Waals surface area contributed by atoms with Crippen LogP contribution in [0.25, 0.3) is 5.69 Å². The molecule has 1 amide bonds. The predicted molar refractivity (Wildman–Crippen MR) is 86.6 cm³/mol. The lowest BCUT2D eigenvalue weighted by Crippen LogP contribution is -2.23. The molecule has 0 spiro atoms. The molecule has 0 unspecified atom stereocenters. The molecule has 0 fully saturated rings. The molecule has 0 aliphatic heterocycles. The highest BCUT2D eigenvalue weighted by atomic mass is 79.9. The number of nitrogens with one attached hydrogen (secondary N) is 1. The summed E-state index contributed by atoms with van der Waals surface area (Å²) in [5.41, 5.74) is 1.52. The van der Waals surface area contributed by atoms with Crippen molar-refractivity contribution in [3.63, 3.8) is 0 Å². The van der Waals surface area contributed by atoms with E-state index in [0.717, 1.165) is 4.47 Å². The molecule has 0 bridgehead atoms. The summed E-state index contributed by atoms with van der Waals surface area (Å²) in [6, 6.07) is 6.48. The summed E-state index contributed by atoms with van der Waals surface area (Å²) in [5.74, 6) is -0.642. The zero-order chi connectivity index (χ0) is 16.2. The SMILES string of the molecule is O=C(NCc1ccc(-n2ccnc2)c(F)c1)c1cncc(Br)c1. The van der Waals surface area contributed by atoms with Crippen LogP contribution in [-0.2, 0) is 6.54 Å². The van der Waals surface area contributed by atoms with Crippen LogP contribution >= 0.6 is 15.9 Å². The average Bonchev–Trinajstić information content (AvgIpc) is 3.07. The second kappa shape index (κ2) is 6.70. The van der Waals surface area contributed by atoms with Gasteiger partial charge in [-0.3, -0.25) is 9.78 Å². The Morgan fingerprint density at radius 1 is 1.26 bits per heavy atom. The maximum Gasteiger partial charge on any atom is 0.253 e. The molecular formula is C16H12BrFN4O. The molecule has 7 heteroatoms. The fourth-order valence-corrected chi connectivity index (χ4v) is 2.46. The van der Waals surface area contributed by atoms with Gasteiger partial charge in [0.05, 0.1) is 17.6 Å². The molecule has 0 atom stereocenters. The Hall–Kier alpha value is -2.54. The monoisotopic (exact) mass is 374 g/mol. The number of hydrogen-bond donors (Lipinski definition) is 1. The van der Waals surface area contributed by atoms with Crippen LogP contribution in [0, 0.1) is 5.82 Å². The number of rotatable bonds is 4. The van der Waals surface area contributed by atoms with Crippen molar-refractivity contribution in [2.24, 2.45) is 0 Å². The lowest BCUT2D eigenvalue weighted by atomic mass is 10.2. The average molecular weight is 375 g/mol. The zero-order valence-electron chi connectivity index (χ0n) is 11.9. The van der Waals surface area contributed by atoms with Crippen LogP contribution in [0.5, 0.6) is 0 Å². The van der Waals surface area contributed by atoms with Crippen molar-refractivity contribution in [3.05, 3.63) is 76.8 Å². The van der Waals surface area contributed by atoms with Crippen LogP contribution < -0.4 is 5.32 Å². The topological polar surface area (TPSA) is 59.8 Å². The van der Waals surface area contributed by atoms with E-state index in [0.29, 0.717) is 16.8 Å². The smallest absolute Gasteiger partial charge is 0.253 e. The minimum absolute atomic E-state index is 0.229. The van der Waals surface area contributed by atoms with Gasteiger partial charge in [0.25, 0.3) is 5.91 Å². The second-order valence-corrected chi connectivity index (χ2v) is 5.75. The molecule has 1 N–H and O–H groups in total. The molecule has 23 heavy (non-hydrogen) atoms. The van der Waals surface area contributed by atoms with Crippen molar-refractivity contribution in [1.29, 1.82) is 0 Å². The third-order valence-electron chi connectivity index (χ3n) is 3.21. The molecule has 2 aromatic heterocycles. The molecule has 0 aliphatic carbocycles. The van der Waals surface area contributed by atoms with Crippen molar-refractivity contribution >= 4 is 21.8 Å². The molecular weight excluding hydrogens is 363 g/mol. The maximum atomic E-state index is 14.1. The molecule has 0 radical (unpaired) electrons. The molecule has 0 saturated carbocycles. The van der Waals surface area contributed by atoms with Crippen LogP contribution in [-0.4, -0.2) is 20.4 Å². The summed E-state index contributed by atoms with van der Waals surface area (Å²) in [7, 11) is 0. The Bertz CT molecular complexity index is 836. The number of carbonyl (C=O) groups excluding carboxylic acids is 1. The number of carbonyl (C=O) groups is 1. The van der Waals surface area contributed by atoms with Crippen molar-refractivity contribution in [1.82, 2.24) is 19.9 Å². The van der Waals surface area contributed by atoms with E-state index in [1.807, 2.05) is 0 Å². The van der Waals surface area contributed by atoms with E-state index < -0.39 is 0 Å². The summed E-state index contributed by atoms with van der Waals surface area (Å²) in [4.78, 5) is 19.9. The number of pyridine rings is 1. The molecule has 116 valence electrons. The van der Waals surface area contributed by atoms with E-state index in [1.54, 1.807) is 41.4 Å². The van der Waals surface area contributed by atoms with Gasteiger partial charge in [-0.1, -0.05) is 6.07 Å². The summed E-state index contributed by atoms with van der Waals surface area (Å²) >= 11 is 3.26. The van der Waals surface area contributed by atoms with Gasteiger partial charge in [-0.2, -0.15) is 0 Å². The summed E-state index contributed by atoms with van der Waals surface area (Å²) in [6.45, 7) is 0.229. The highest BCUT2D eigenvalue weighted by Crippen LogP contribution is 2.15. The van der Waals surface area contributed by atoms with E-state index in [9.17, 15) is 9.18 Å². The highest BCUT2D eigenvalue weighted by molar-refractivity contribution is 9.10. The molecule has 0 aliphatic rings. The van der Waals surface area contributed by atoms with Crippen LogP contribution in [0.15, 0.2) is 59.9 Å². The quantitative estimate of drug-likeness (QED) is 0.763. The number of imidazole rings is 1. The van der Waals surface area contributed by atoms with E-state index in [-0.39, 0.29) is 18.3 Å². The fraction of sp³-hybridized carbons (Fsp3) is 0.0625. The van der Waals surface area contributed by atoms with Crippen molar-refractivity contribution < 1.29 is 9.18 Å². The number of aromatic nitrogens is 3. The Balaban J connectivity index is 1.69. The summed E-state index contributed by atoms with van der Waals surface area (Å²) in [6.07, 6.45) is 7.85. The van der Waals surface area contributed by atoms with Crippen LogP contribution in [0.4, 0.5) is 4.39 Å². The number of amides is 1. The standard InChI is InChI=1S/C16H12BrFN4O/c17-13-6-12(8-20-9-13)16(23)21-7-11-1-2-15(14(18)5-11)22-4-3-19-10-22/h1-6,8-10H,7H2,(H,21,23). The fourth-order valence-electron chi connectivity index (χ4n) is 2.09. The lowest BCUT2D eigenvalue weighted by Gasteiger charge is -2.08. The van der Waals surface area contributed by atoms with Gasteiger partial charge in [-0.25, -0.2) is 9.37 Å². The van der Waals surface area contributed by atoms with Crippen molar-refractivity contribution in [2.75, 3.05) is 0 Å². The number of benzene rings is 1. The first-order valence-corrected chi connectivity index (χ1v) is 7.58. The molecule has 3 rings (SSSR count). The minimum Gasteiger partial charge on any atom is -0.348 e. The summed E-state index contributed by atoms with van der Waals surface area (Å²) in [5, 5.41) is 2.74. The minimum atomic E-state index is -0.376. The Morgan fingerprint density at radius 3 is 2.83 bits per heavy atom. The third kappa shape index (κ3) is 3.62. The van der Waals surface area contributed by atoms with Gasteiger partial charge in [-0.15, -0.1) is 0 Å². The van der Waals surface area contributed by atoms with Gasteiger partial charge in [-0.05, 0) is 39.7 Å². The van der Waals surface area contributed by atoms with Crippen LogP contribution in [0.1, 0.15) is 15.9 Å². The number of nitrogens with zero attached hydrogens (tertiary/aromatic N) is 3. The zero-order valence-corrected chi connectivity index (χ0v) is 13.5. The second-order valence-electron chi connectivity index (χ2n) is 4.83. The summed E-state index contributed by atoms with van der Waals surface area (Å²) < 4.78 is 16.4. The number of halogens is 2. The highest BCUT2D eigenvalue weighted by Gasteiger charge is 2.08. The van der Waals surface area contributed by atoms with Gasteiger partial charge < -0.3 is 9.88 Å². The van der Waals surface area contributed by atoms with Crippen molar-refractivity contribution in [3.8, 4) is 5.69 Å². The van der Waals surface area contributed by atoms with Gasteiger partial charge in [0.2, 0.25) is 0 Å². The predicted octanol–water partition coefficient (Wildman–Crippen LogP) is 3.10. The largest absolute Gasteiger partial charge is 0.348 e. The van der Waals surface area contributed by atoms with Gasteiger partial charge in [0.1, 0.15) is 5.82 Å². The lowest BCUT2D eigenvalue weighted by molar-refractivity contribution is 0.0950. The first-order chi connectivity index (χ1) is 11.1. The van der Waals surface area contributed by atoms with Crippen LogP contribution in [0.2, 0.25) is 0 Å². The maximum absolute atomic E-state index is 14.1. The molecule has 5 nitrogen and oxygen atoms in total. The van der Waals surface area contributed by atoms with E-state index in [4.69, 9.17) is 0 Å². The van der Waals surface area contributed by atoms with E-state index >= 15 is 0 Å². The Labute approximate surface area is 140 Å². The van der Waals surface area contributed by atoms with Crippen LogP contribution in [0.3, 0.4) is 0 Å². The third-order valence-corrected chi connectivity index (χ3v) is 3.65. The molecule has 1 aromatic carbocycles. The van der Waals surface area contributed by atoms with Crippen molar-refractivity contribution in [2.45, 2.75) is 6.54 Å².